The maximum Gasteiger partial charge on any atom is 0.273 e. The summed E-state index contributed by atoms with van der Waals surface area (Å²) in [6, 6.07) is 11.7. The Bertz CT molecular complexity index is 1140. The SMILES string of the molecule is NC(=O)c1ccc(CN2CCC(CNC(=O)c3cc(-c4ccc(F)cc4F)on3)CC2)cc1. The van der Waals surface area contributed by atoms with Crippen molar-refractivity contribution in [1.82, 2.24) is 15.4 Å². The first kappa shape index (κ1) is 22.6. The second kappa shape index (κ2) is 9.91. The van der Waals surface area contributed by atoms with Gasteiger partial charge >= 0.3 is 0 Å². The Kier molecular flexibility index (Phi) is 6.79. The van der Waals surface area contributed by atoms with E-state index in [4.69, 9.17) is 10.3 Å². The number of piperidine rings is 1. The largest absolute Gasteiger partial charge is 0.366 e. The summed E-state index contributed by atoms with van der Waals surface area (Å²) in [4.78, 5) is 25.9. The van der Waals surface area contributed by atoms with Crippen molar-refractivity contribution in [3.63, 3.8) is 0 Å². The predicted octanol–water partition coefficient (Wildman–Crippen LogP) is 3.36. The Morgan fingerprint density at radius 3 is 2.48 bits per heavy atom. The third-order valence-corrected chi connectivity index (χ3v) is 5.84. The fraction of sp³-hybridized carbons (Fsp3) is 0.292. The molecule has 2 heterocycles. The third kappa shape index (κ3) is 5.61. The van der Waals surface area contributed by atoms with Gasteiger partial charge in [0.25, 0.3) is 5.91 Å². The maximum absolute atomic E-state index is 13.9. The zero-order chi connectivity index (χ0) is 23.4. The molecule has 1 aliphatic rings. The van der Waals surface area contributed by atoms with E-state index < -0.39 is 23.4 Å². The van der Waals surface area contributed by atoms with Gasteiger partial charge in [-0.2, -0.15) is 0 Å². The maximum atomic E-state index is 13.9. The van der Waals surface area contributed by atoms with E-state index in [9.17, 15) is 18.4 Å². The highest BCUT2D eigenvalue weighted by molar-refractivity contribution is 5.93. The van der Waals surface area contributed by atoms with Gasteiger partial charge in [-0.05, 0) is 61.7 Å². The van der Waals surface area contributed by atoms with Gasteiger partial charge in [0.15, 0.2) is 11.5 Å². The van der Waals surface area contributed by atoms with Crippen LogP contribution in [0, 0.1) is 17.6 Å². The summed E-state index contributed by atoms with van der Waals surface area (Å²) >= 11 is 0. The molecular formula is C24H24F2N4O3. The van der Waals surface area contributed by atoms with E-state index in [-0.39, 0.29) is 17.0 Å². The van der Waals surface area contributed by atoms with E-state index in [1.165, 1.54) is 12.1 Å². The highest BCUT2D eigenvalue weighted by Crippen LogP contribution is 2.24. The number of amides is 2. The van der Waals surface area contributed by atoms with Crippen LogP contribution in [-0.4, -0.2) is 41.5 Å². The van der Waals surface area contributed by atoms with Gasteiger partial charge in [-0.15, -0.1) is 0 Å². The second-order valence-electron chi connectivity index (χ2n) is 8.19. The van der Waals surface area contributed by atoms with E-state index >= 15 is 0 Å². The lowest BCUT2D eigenvalue weighted by molar-refractivity contribution is 0.0925. The van der Waals surface area contributed by atoms with Gasteiger partial charge in [0.1, 0.15) is 11.6 Å². The summed E-state index contributed by atoms with van der Waals surface area (Å²) in [6.45, 7) is 3.10. The van der Waals surface area contributed by atoms with Gasteiger partial charge in [-0.3, -0.25) is 14.5 Å². The highest BCUT2D eigenvalue weighted by Gasteiger charge is 2.21. The minimum Gasteiger partial charge on any atom is -0.366 e. The van der Waals surface area contributed by atoms with E-state index in [2.05, 4.69) is 15.4 Å². The molecule has 33 heavy (non-hydrogen) atoms. The summed E-state index contributed by atoms with van der Waals surface area (Å²) in [6.07, 6.45) is 1.87. The number of carbonyl (C=O) groups is 2. The molecule has 3 N–H and O–H groups in total. The van der Waals surface area contributed by atoms with Crippen molar-refractivity contribution >= 4 is 11.8 Å². The molecule has 0 aliphatic carbocycles. The van der Waals surface area contributed by atoms with Gasteiger partial charge in [-0.25, -0.2) is 8.78 Å². The van der Waals surface area contributed by atoms with Gasteiger partial charge in [0.2, 0.25) is 5.91 Å². The second-order valence-corrected chi connectivity index (χ2v) is 8.19. The Morgan fingerprint density at radius 2 is 1.82 bits per heavy atom. The standard InChI is InChI=1S/C24H24F2N4O3/c25-18-5-6-19(20(26)11-18)22-12-21(29-33-22)24(32)28-13-15-7-9-30(10-8-15)14-16-1-3-17(4-2-16)23(27)31/h1-6,11-12,15H,7-10,13-14H2,(H2,27,31)(H,28,32). The molecule has 1 aromatic heterocycles. The molecule has 4 rings (SSSR count). The minimum atomic E-state index is -0.784. The fourth-order valence-electron chi connectivity index (χ4n) is 3.91. The lowest BCUT2D eigenvalue weighted by Gasteiger charge is -2.32. The molecule has 172 valence electrons. The van der Waals surface area contributed by atoms with Crippen LogP contribution < -0.4 is 11.1 Å². The predicted molar refractivity (Wildman–Crippen MR) is 117 cm³/mol. The number of likely N-dealkylation sites (tertiary alicyclic amines) is 1. The Balaban J connectivity index is 1.24. The summed E-state index contributed by atoms with van der Waals surface area (Å²) in [5, 5.41) is 6.57. The monoisotopic (exact) mass is 454 g/mol. The van der Waals surface area contributed by atoms with E-state index in [1.807, 2.05) is 12.1 Å². The van der Waals surface area contributed by atoms with Crippen molar-refractivity contribution in [1.29, 1.82) is 0 Å². The number of nitrogens with two attached hydrogens (primary N) is 1. The number of hydrogen-bond donors (Lipinski definition) is 2. The van der Waals surface area contributed by atoms with Crippen LogP contribution in [0.15, 0.2) is 53.1 Å². The number of nitrogens with one attached hydrogen (secondary N) is 1. The van der Waals surface area contributed by atoms with Crippen LogP contribution in [0.4, 0.5) is 8.78 Å². The van der Waals surface area contributed by atoms with Crippen LogP contribution >= 0.6 is 0 Å². The lowest BCUT2D eigenvalue weighted by Crippen LogP contribution is -2.38. The van der Waals surface area contributed by atoms with Crippen molar-refractivity contribution in [3.8, 4) is 11.3 Å². The third-order valence-electron chi connectivity index (χ3n) is 5.84. The fourth-order valence-corrected chi connectivity index (χ4v) is 3.91. The van der Waals surface area contributed by atoms with E-state index in [1.54, 1.807) is 12.1 Å². The molecule has 0 atom stereocenters. The highest BCUT2D eigenvalue weighted by atomic mass is 19.1. The number of hydrogen-bond acceptors (Lipinski definition) is 5. The molecule has 9 heteroatoms. The molecule has 0 bridgehead atoms. The van der Waals surface area contributed by atoms with Crippen LogP contribution in [0.3, 0.4) is 0 Å². The minimum absolute atomic E-state index is 0.0413. The quantitative estimate of drug-likeness (QED) is 0.570. The molecule has 2 amide bonds. The van der Waals surface area contributed by atoms with E-state index in [0.717, 1.165) is 50.2 Å². The first-order valence-corrected chi connectivity index (χ1v) is 10.7. The molecule has 1 saturated heterocycles. The molecule has 0 radical (unpaired) electrons. The molecule has 3 aromatic rings. The first-order valence-electron chi connectivity index (χ1n) is 10.7. The van der Waals surface area contributed by atoms with Crippen LogP contribution in [0.5, 0.6) is 0 Å². The van der Waals surface area contributed by atoms with Crippen LogP contribution in [0.1, 0.15) is 39.3 Å². The summed E-state index contributed by atoms with van der Waals surface area (Å²) in [7, 11) is 0. The molecule has 2 aromatic carbocycles. The number of halogens is 2. The molecule has 7 nitrogen and oxygen atoms in total. The molecule has 0 saturated carbocycles. The Morgan fingerprint density at radius 1 is 1.09 bits per heavy atom. The van der Waals surface area contributed by atoms with Crippen LogP contribution in [-0.2, 0) is 6.54 Å². The smallest absolute Gasteiger partial charge is 0.273 e. The molecular weight excluding hydrogens is 430 g/mol. The van der Waals surface area contributed by atoms with Crippen molar-refractivity contribution < 1.29 is 22.9 Å². The first-order chi connectivity index (χ1) is 15.9. The van der Waals surface area contributed by atoms with Crippen LogP contribution in [0.2, 0.25) is 0 Å². The zero-order valence-corrected chi connectivity index (χ0v) is 17.9. The lowest BCUT2D eigenvalue weighted by atomic mass is 9.96. The van der Waals surface area contributed by atoms with Crippen molar-refractivity contribution in [3.05, 3.63) is 77.0 Å². The summed E-state index contributed by atoms with van der Waals surface area (Å²) < 4.78 is 32.1. The van der Waals surface area contributed by atoms with Crippen molar-refractivity contribution in [2.24, 2.45) is 11.7 Å². The Hall–Kier alpha value is -3.59. The zero-order valence-electron chi connectivity index (χ0n) is 17.9. The van der Waals surface area contributed by atoms with Crippen LogP contribution in [0.25, 0.3) is 11.3 Å². The number of aromatic nitrogens is 1. The summed E-state index contributed by atoms with van der Waals surface area (Å²) in [5.74, 6) is -1.91. The average molecular weight is 454 g/mol. The molecule has 0 spiro atoms. The number of rotatable bonds is 7. The molecule has 1 fully saturated rings. The van der Waals surface area contributed by atoms with Gasteiger partial charge in [0, 0.05) is 30.8 Å². The number of nitrogens with zero attached hydrogens (tertiary/aromatic N) is 2. The summed E-state index contributed by atoms with van der Waals surface area (Å²) in [5.41, 5.74) is 6.97. The molecule has 0 unspecified atom stereocenters. The number of benzene rings is 2. The number of carbonyl (C=O) groups excluding carboxylic acids is 2. The van der Waals surface area contributed by atoms with Gasteiger partial charge in [0.05, 0.1) is 5.56 Å². The Labute approximate surface area is 189 Å². The van der Waals surface area contributed by atoms with Gasteiger partial charge in [-0.1, -0.05) is 17.3 Å². The molecule has 1 aliphatic heterocycles. The van der Waals surface area contributed by atoms with Crippen molar-refractivity contribution in [2.45, 2.75) is 19.4 Å². The van der Waals surface area contributed by atoms with E-state index in [0.29, 0.717) is 18.0 Å². The normalized spacial score (nSPS) is 14.8. The van der Waals surface area contributed by atoms with Gasteiger partial charge < -0.3 is 15.6 Å². The number of primary amides is 1. The topological polar surface area (TPSA) is 101 Å². The van der Waals surface area contributed by atoms with Crippen molar-refractivity contribution in [2.75, 3.05) is 19.6 Å². The average Bonchev–Trinajstić information content (AvgIpc) is 3.29.